The van der Waals surface area contributed by atoms with Crippen molar-refractivity contribution in [1.82, 2.24) is 0 Å². The van der Waals surface area contributed by atoms with Gasteiger partial charge >= 0.3 is 7.60 Å². The van der Waals surface area contributed by atoms with Crippen molar-refractivity contribution in [3.63, 3.8) is 0 Å². The number of methoxy groups -OCH3 is 1. The topological polar surface area (TPSA) is 96.2 Å². The standard InChI is InChI=1S/C22H45O6P/c1-3-4-5-6-7-8-9-10-11-12-13-14-15-16-17-18-19-28-22(29(24,25)26)21(20-23)27-2/h10-11,21-23H,3-9,12-20H2,1-2H3,(H2,24,25,26)/t21-,22?/m0/s1. The van der Waals surface area contributed by atoms with Crippen LogP contribution >= 0.6 is 7.60 Å². The van der Waals surface area contributed by atoms with Gasteiger partial charge in [0.15, 0.2) is 5.85 Å². The monoisotopic (exact) mass is 436 g/mol. The Hall–Kier alpha value is -0.230. The van der Waals surface area contributed by atoms with E-state index in [1.54, 1.807) is 0 Å². The summed E-state index contributed by atoms with van der Waals surface area (Å²) in [6.07, 6.45) is 20.5. The maximum absolute atomic E-state index is 11.5. The molecule has 2 atom stereocenters. The quantitative estimate of drug-likeness (QED) is 0.124. The lowest BCUT2D eigenvalue weighted by atomic mass is 10.1. The van der Waals surface area contributed by atoms with Gasteiger partial charge in [0.2, 0.25) is 0 Å². The zero-order chi connectivity index (χ0) is 21.8. The molecule has 0 rings (SSSR count). The molecule has 0 aromatic rings. The molecule has 0 fully saturated rings. The van der Waals surface area contributed by atoms with Crippen molar-refractivity contribution in [2.45, 2.75) is 109 Å². The minimum Gasteiger partial charge on any atom is -0.394 e. The molecule has 0 radical (unpaired) electrons. The highest BCUT2D eigenvalue weighted by Gasteiger charge is 2.37. The number of unbranched alkanes of at least 4 members (excludes halogenated alkanes) is 12. The molecule has 3 N–H and O–H groups in total. The third kappa shape index (κ3) is 17.2. The molecule has 7 heteroatoms. The first kappa shape index (κ1) is 28.8. The number of hydrogen-bond donors (Lipinski definition) is 3. The van der Waals surface area contributed by atoms with Crippen LogP contribution in [0, 0.1) is 0 Å². The van der Waals surface area contributed by atoms with E-state index in [2.05, 4.69) is 19.1 Å². The molecule has 0 amide bonds. The molecule has 0 aliphatic heterocycles. The van der Waals surface area contributed by atoms with Crippen LogP contribution in [-0.4, -0.2) is 47.2 Å². The summed E-state index contributed by atoms with van der Waals surface area (Å²) in [4.78, 5) is 18.7. The van der Waals surface area contributed by atoms with Gasteiger partial charge in [-0.05, 0) is 32.1 Å². The van der Waals surface area contributed by atoms with Crippen molar-refractivity contribution >= 4 is 7.60 Å². The maximum atomic E-state index is 11.5. The third-order valence-electron chi connectivity index (χ3n) is 5.08. The fourth-order valence-electron chi connectivity index (χ4n) is 3.26. The summed E-state index contributed by atoms with van der Waals surface area (Å²) in [6.45, 7) is 2.02. The highest BCUT2D eigenvalue weighted by Crippen LogP contribution is 2.44. The van der Waals surface area contributed by atoms with Crippen LogP contribution in [0.25, 0.3) is 0 Å². The average molecular weight is 437 g/mol. The lowest BCUT2D eigenvalue weighted by Gasteiger charge is -2.25. The van der Waals surface area contributed by atoms with Crippen molar-refractivity contribution in [3.8, 4) is 0 Å². The van der Waals surface area contributed by atoms with Gasteiger partial charge in [-0.1, -0.05) is 76.9 Å². The zero-order valence-electron chi connectivity index (χ0n) is 18.6. The first-order valence-corrected chi connectivity index (χ1v) is 13.1. The summed E-state index contributed by atoms with van der Waals surface area (Å²) in [5, 5.41) is 9.15. The predicted molar refractivity (Wildman–Crippen MR) is 119 cm³/mol. The Bertz CT molecular complexity index is 420. The molecular formula is C22H45O6P. The van der Waals surface area contributed by atoms with E-state index >= 15 is 0 Å². The molecule has 0 saturated heterocycles. The predicted octanol–water partition coefficient (Wildman–Crippen LogP) is 5.55. The van der Waals surface area contributed by atoms with Crippen LogP contribution in [-0.2, 0) is 14.0 Å². The summed E-state index contributed by atoms with van der Waals surface area (Å²) in [5.41, 5.74) is 0. The first-order chi connectivity index (χ1) is 14.0. The number of ether oxygens (including phenoxy) is 2. The van der Waals surface area contributed by atoms with E-state index in [4.69, 9.17) is 14.6 Å². The molecule has 174 valence electrons. The summed E-state index contributed by atoms with van der Waals surface area (Å²) < 4.78 is 21.7. The second-order valence-electron chi connectivity index (χ2n) is 7.75. The van der Waals surface area contributed by atoms with Crippen LogP contribution in [0.15, 0.2) is 12.2 Å². The normalized spacial score (nSPS) is 14.5. The number of hydrogen-bond acceptors (Lipinski definition) is 4. The second-order valence-corrected chi connectivity index (χ2v) is 9.43. The minimum atomic E-state index is -4.47. The van der Waals surface area contributed by atoms with Gasteiger partial charge in [-0.3, -0.25) is 4.57 Å². The van der Waals surface area contributed by atoms with Crippen LogP contribution in [0.2, 0.25) is 0 Å². The second kappa shape index (κ2) is 19.7. The van der Waals surface area contributed by atoms with Crippen molar-refractivity contribution in [2.75, 3.05) is 20.3 Å². The molecular weight excluding hydrogens is 391 g/mol. The molecule has 0 aromatic carbocycles. The Morgan fingerprint density at radius 3 is 1.76 bits per heavy atom. The third-order valence-corrected chi connectivity index (χ3v) is 6.22. The summed E-state index contributed by atoms with van der Waals surface area (Å²) in [5.74, 6) is -1.40. The zero-order valence-corrected chi connectivity index (χ0v) is 19.5. The van der Waals surface area contributed by atoms with Crippen LogP contribution in [0.5, 0.6) is 0 Å². The van der Waals surface area contributed by atoms with E-state index in [0.29, 0.717) is 0 Å². The molecule has 29 heavy (non-hydrogen) atoms. The average Bonchev–Trinajstić information content (AvgIpc) is 2.68. The number of allylic oxidation sites excluding steroid dienone is 2. The van der Waals surface area contributed by atoms with Gasteiger partial charge in [0, 0.05) is 13.7 Å². The Labute approximate surface area is 178 Å². The van der Waals surface area contributed by atoms with Crippen LogP contribution in [0.1, 0.15) is 96.8 Å². The molecule has 0 spiro atoms. The van der Waals surface area contributed by atoms with E-state index in [1.165, 1.54) is 71.3 Å². The van der Waals surface area contributed by atoms with Gasteiger partial charge in [0.1, 0.15) is 6.10 Å². The van der Waals surface area contributed by atoms with Crippen molar-refractivity contribution in [1.29, 1.82) is 0 Å². The molecule has 6 nitrogen and oxygen atoms in total. The van der Waals surface area contributed by atoms with Gasteiger partial charge in [-0.25, -0.2) is 0 Å². The molecule has 1 unspecified atom stereocenters. The molecule has 0 aromatic heterocycles. The maximum Gasteiger partial charge on any atom is 0.356 e. The van der Waals surface area contributed by atoms with Crippen LogP contribution in [0.3, 0.4) is 0 Å². The van der Waals surface area contributed by atoms with Crippen molar-refractivity contribution in [2.24, 2.45) is 0 Å². The lowest BCUT2D eigenvalue weighted by Crippen LogP contribution is -2.34. The molecule has 0 saturated carbocycles. The minimum absolute atomic E-state index is 0.261. The molecule has 0 aliphatic carbocycles. The fourth-order valence-corrected chi connectivity index (χ4v) is 4.20. The van der Waals surface area contributed by atoms with E-state index in [1.807, 2.05) is 0 Å². The summed E-state index contributed by atoms with van der Waals surface area (Å²) in [7, 11) is -3.17. The Kier molecular flexibility index (Phi) is 19.6. The van der Waals surface area contributed by atoms with Crippen molar-refractivity contribution in [3.05, 3.63) is 12.2 Å². The van der Waals surface area contributed by atoms with Crippen molar-refractivity contribution < 1.29 is 28.9 Å². The smallest absolute Gasteiger partial charge is 0.356 e. The SMILES string of the molecule is CCCCCCCCC=CCCCCCCCCOC([C@H](CO)OC)P(=O)(O)O. The van der Waals surface area contributed by atoms with Gasteiger partial charge in [0.05, 0.1) is 6.61 Å². The van der Waals surface area contributed by atoms with Gasteiger partial charge < -0.3 is 24.4 Å². The highest BCUT2D eigenvalue weighted by atomic mass is 31.2. The van der Waals surface area contributed by atoms with Crippen LogP contribution < -0.4 is 0 Å². The lowest BCUT2D eigenvalue weighted by molar-refractivity contribution is -0.0502. The van der Waals surface area contributed by atoms with E-state index in [0.717, 1.165) is 25.7 Å². The van der Waals surface area contributed by atoms with Gasteiger partial charge in [0.25, 0.3) is 0 Å². The highest BCUT2D eigenvalue weighted by molar-refractivity contribution is 7.52. The molecule has 0 bridgehead atoms. The Balaban J connectivity index is 3.54. The number of aliphatic hydroxyl groups excluding tert-OH is 1. The van der Waals surface area contributed by atoms with E-state index in [9.17, 15) is 14.4 Å². The van der Waals surface area contributed by atoms with E-state index in [-0.39, 0.29) is 6.61 Å². The Morgan fingerprint density at radius 2 is 1.31 bits per heavy atom. The molecule has 0 aliphatic rings. The Morgan fingerprint density at radius 1 is 0.828 bits per heavy atom. The van der Waals surface area contributed by atoms with E-state index < -0.39 is 26.2 Å². The molecule has 0 heterocycles. The first-order valence-electron chi connectivity index (χ1n) is 11.4. The van der Waals surface area contributed by atoms with Gasteiger partial charge in [-0.15, -0.1) is 0 Å². The summed E-state index contributed by atoms with van der Waals surface area (Å²) in [6, 6.07) is 0. The number of aliphatic hydroxyl groups is 1. The van der Waals surface area contributed by atoms with Crippen LogP contribution in [0.4, 0.5) is 0 Å². The summed E-state index contributed by atoms with van der Waals surface area (Å²) >= 11 is 0. The largest absolute Gasteiger partial charge is 0.394 e. The fraction of sp³-hybridized carbons (Fsp3) is 0.909. The number of rotatable bonds is 21. The van der Waals surface area contributed by atoms with Gasteiger partial charge in [-0.2, -0.15) is 0 Å².